The molecule has 1 saturated carbocycles. The molecule has 0 bridgehead atoms. The lowest BCUT2D eigenvalue weighted by Gasteiger charge is -2.24. The van der Waals surface area contributed by atoms with Crippen molar-refractivity contribution in [3.63, 3.8) is 0 Å². The molecule has 1 fully saturated rings. The summed E-state index contributed by atoms with van der Waals surface area (Å²) in [6.45, 7) is 16.1. The maximum Gasteiger partial charge on any atom is -0.0203 e. The van der Waals surface area contributed by atoms with E-state index in [1.54, 1.807) is 0 Å². The van der Waals surface area contributed by atoms with Gasteiger partial charge in [-0.05, 0) is 48.9 Å². The van der Waals surface area contributed by atoms with Gasteiger partial charge in [-0.3, -0.25) is 0 Å². The summed E-state index contributed by atoms with van der Waals surface area (Å²) in [7, 11) is 0. The van der Waals surface area contributed by atoms with E-state index in [2.05, 4.69) is 41.2 Å². The Morgan fingerprint density at radius 3 is 2.44 bits per heavy atom. The fourth-order valence-corrected chi connectivity index (χ4v) is 3.31. The second-order valence-electron chi connectivity index (χ2n) is 7.35. The number of rotatable bonds is 4. The van der Waals surface area contributed by atoms with Gasteiger partial charge in [-0.25, -0.2) is 0 Å². The Labute approximate surface area is 103 Å². The predicted octanol–water partition coefficient (Wildman–Crippen LogP) is 5.44. The summed E-state index contributed by atoms with van der Waals surface area (Å²) in [6, 6.07) is 0. The molecule has 0 heterocycles. The Kier molecular flexibility index (Phi) is 4.64. The van der Waals surface area contributed by atoms with E-state index >= 15 is 0 Å². The zero-order valence-corrected chi connectivity index (χ0v) is 12.0. The first kappa shape index (κ1) is 13.8. The smallest absolute Gasteiger partial charge is 0.0203 e. The molecule has 0 N–H and O–H groups in total. The highest BCUT2D eigenvalue weighted by atomic mass is 14.3. The van der Waals surface area contributed by atoms with Crippen molar-refractivity contribution in [2.24, 2.45) is 23.2 Å². The van der Waals surface area contributed by atoms with Crippen molar-refractivity contribution in [1.29, 1.82) is 0 Å². The highest BCUT2D eigenvalue weighted by molar-refractivity contribution is 5.07. The van der Waals surface area contributed by atoms with E-state index < -0.39 is 0 Å². The molecule has 0 aromatic rings. The van der Waals surface area contributed by atoms with E-state index in [1.807, 2.05) is 0 Å². The van der Waals surface area contributed by atoms with Crippen LogP contribution in [-0.2, 0) is 0 Å². The minimum absolute atomic E-state index is 0.486. The van der Waals surface area contributed by atoms with E-state index in [-0.39, 0.29) is 0 Å². The highest BCUT2D eigenvalue weighted by Gasteiger charge is 2.25. The Morgan fingerprint density at radius 1 is 1.38 bits per heavy atom. The molecule has 0 aliphatic heterocycles. The lowest BCUT2D eigenvalue weighted by molar-refractivity contribution is 0.285. The molecule has 0 radical (unpaired) electrons. The average Bonchev–Trinajstić information content (AvgIpc) is 2.38. The summed E-state index contributed by atoms with van der Waals surface area (Å²) in [5.41, 5.74) is 2.01. The molecule has 0 aromatic carbocycles. The first-order valence-corrected chi connectivity index (χ1v) is 6.95. The molecular weight excluding hydrogens is 192 g/mol. The van der Waals surface area contributed by atoms with Crippen molar-refractivity contribution < 1.29 is 0 Å². The minimum atomic E-state index is 0.486. The topological polar surface area (TPSA) is 0 Å². The van der Waals surface area contributed by atoms with Crippen molar-refractivity contribution in [2.45, 2.75) is 66.7 Å². The zero-order chi connectivity index (χ0) is 12.3. The largest absolute Gasteiger partial charge is 0.0996 e. The van der Waals surface area contributed by atoms with E-state index in [4.69, 9.17) is 0 Å². The van der Waals surface area contributed by atoms with Gasteiger partial charge < -0.3 is 0 Å². The van der Waals surface area contributed by atoms with E-state index in [9.17, 15) is 0 Å². The Balaban J connectivity index is 2.27. The molecule has 0 amide bonds. The highest BCUT2D eigenvalue weighted by Crippen LogP contribution is 2.38. The van der Waals surface area contributed by atoms with Crippen molar-refractivity contribution in [1.82, 2.24) is 0 Å². The van der Waals surface area contributed by atoms with Gasteiger partial charge in [0.05, 0.1) is 0 Å². The second kappa shape index (κ2) is 5.38. The quantitative estimate of drug-likeness (QED) is 0.555. The van der Waals surface area contributed by atoms with Gasteiger partial charge in [-0.2, -0.15) is 0 Å². The summed E-state index contributed by atoms with van der Waals surface area (Å²) in [5.74, 6) is 2.58. The molecule has 0 nitrogen and oxygen atoms in total. The monoisotopic (exact) mass is 222 g/mol. The van der Waals surface area contributed by atoms with Crippen molar-refractivity contribution >= 4 is 0 Å². The van der Waals surface area contributed by atoms with Gasteiger partial charge in [0.2, 0.25) is 0 Å². The maximum atomic E-state index is 4.24. The van der Waals surface area contributed by atoms with Gasteiger partial charge in [0.15, 0.2) is 0 Å². The van der Waals surface area contributed by atoms with Crippen LogP contribution in [-0.4, -0.2) is 0 Å². The van der Waals surface area contributed by atoms with Crippen LogP contribution >= 0.6 is 0 Å². The predicted molar refractivity (Wildman–Crippen MR) is 73.5 cm³/mol. The zero-order valence-electron chi connectivity index (χ0n) is 12.0. The van der Waals surface area contributed by atoms with Crippen LogP contribution in [0.15, 0.2) is 12.2 Å². The molecule has 1 rings (SSSR count). The number of hydrogen-bond donors (Lipinski definition) is 0. The van der Waals surface area contributed by atoms with Crippen LogP contribution in [0, 0.1) is 23.2 Å². The molecule has 16 heavy (non-hydrogen) atoms. The SMILES string of the molecule is C=C1CC(C)CC1CCC(C)CC(C)(C)C. The van der Waals surface area contributed by atoms with Crippen LogP contribution in [0.4, 0.5) is 0 Å². The van der Waals surface area contributed by atoms with Crippen LogP contribution in [0.5, 0.6) is 0 Å². The normalized spacial score (nSPS) is 28.4. The number of hydrogen-bond acceptors (Lipinski definition) is 0. The van der Waals surface area contributed by atoms with Crippen molar-refractivity contribution in [3.05, 3.63) is 12.2 Å². The van der Waals surface area contributed by atoms with Gasteiger partial charge in [0, 0.05) is 0 Å². The minimum Gasteiger partial charge on any atom is -0.0996 e. The Bertz CT molecular complexity index is 231. The molecular formula is C16H30. The fourth-order valence-electron chi connectivity index (χ4n) is 3.31. The molecule has 0 heteroatoms. The van der Waals surface area contributed by atoms with Gasteiger partial charge in [0.25, 0.3) is 0 Å². The third-order valence-electron chi connectivity index (χ3n) is 3.84. The number of allylic oxidation sites excluding steroid dienone is 1. The van der Waals surface area contributed by atoms with Gasteiger partial charge in [-0.15, -0.1) is 0 Å². The summed E-state index contributed by atoms with van der Waals surface area (Å²) in [5, 5.41) is 0. The second-order valence-corrected chi connectivity index (χ2v) is 7.35. The van der Waals surface area contributed by atoms with E-state index in [1.165, 1.54) is 37.7 Å². The van der Waals surface area contributed by atoms with E-state index in [0.717, 1.165) is 17.8 Å². The van der Waals surface area contributed by atoms with Crippen molar-refractivity contribution in [2.75, 3.05) is 0 Å². The van der Waals surface area contributed by atoms with Crippen LogP contribution in [0.25, 0.3) is 0 Å². The van der Waals surface area contributed by atoms with Crippen LogP contribution in [0.3, 0.4) is 0 Å². The maximum absolute atomic E-state index is 4.24. The lowest BCUT2D eigenvalue weighted by Crippen LogP contribution is -2.12. The van der Waals surface area contributed by atoms with Gasteiger partial charge >= 0.3 is 0 Å². The summed E-state index contributed by atoms with van der Waals surface area (Å²) in [4.78, 5) is 0. The molecule has 0 spiro atoms. The third-order valence-corrected chi connectivity index (χ3v) is 3.84. The standard InChI is InChI=1S/C16H30/c1-12(11-16(4,5)6)7-8-15-10-13(2)9-14(15)3/h12-13,15H,3,7-11H2,1-2,4-6H3. The molecule has 1 aliphatic carbocycles. The van der Waals surface area contributed by atoms with E-state index in [0.29, 0.717) is 5.41 Å². The average molecular weight is 222 g/mol. The molecule has 3 atom stereocenters. The van der Waals surface area contributed by atoms with Crippen LogP contribution in [0.2, 0.25) is 0 Å². The Hall–Kier alpha value is -0.260. The molecule has 0 saturated heterocycles. The van der Waals surface area contributed by atoms with Crippen LogP contribution in [0.1, 0.15) is 66.7 Å². The van der Waals surface area contributed by atoms with Crippen molar-refractivity contribution in [3.8, 4) is 0 Å². The summed E-state index contributed by atoms with van der Waals surface area (Å²) < 4.78 is 0. The van der Waals surface area contributed by atoms with Gasteiger partial charge in [-0.1, -0.05) is 53.2 Å². The summed E-state index contributed by atoms with van der Waals surface area (Å²) >= 11 is 0. The molecule has 94 valence electrons. The van der Waals surface area contributed by atoms with Gasteiger partial charge in [0.1, 0.15) is 0 Å². The molecule has 1 aliphatic rings. The Morgan fingerprint density at radius 2 is 2.00 bits per heavy atom. The summed E-state index contributed by atoms with van der Waals surface area (Å²) in [6.07, 6.45) is 6.77. The van der Waals surface area contributed by atoms with Crippen LogP contribution < -0.4 is 0 Å². The third kappa shape index (κ3) is 4.72. The molecule has 3 unspecified atom stereocenters. The molecule has 0 aromatic heterocycles. The lowest BCUT2D eigenvalue weighted by atomic mass is 9.82. The fraction of sp³-hybridized carbons (Fsp3) is 0.875. The first-order chi connectivity index (χ1) is 7.28. The first-order valence-electron chi connectivity index (χ1n) is 6.95.